The van der Waals surface area contributed by atoms with Crippen molar-refractivity contribution in [1.29, 1.82) is 0 Å². The molecule has 2 fully saturated rings. The van der Waals surface area contributed by atoms with E-state index in [1.165, 1.54) is 11.1 Å². The Labute approximate surface area is 231 Å². The van der Waals surface area contributed by atoms with Crippen LogP contribution in [0, 0.1) is 18.7 Å². The highest BCUT2D eigenvalue weighted by Gasteiger charge is 2.40. The Kier molecular flexibility index (Phi) is 8.95. The van der Waals surface area contributed by atoms with Crippen LogP contribution in [0.1, 0.15) is 48.3 Å². The average Bonchev–Trinajstić information content (AvgIpc) is 3.82. The zero-order valence-corrected chi connectivity index (χ0v) is 23.0. The smallest absolute Gasteiger partial charge is 0.228 e. The number of carbonyl (C=O) groups excluding carboxylic acids is 1. The third-order valence-electron chi connectivity index (χ3n) is 7.90. The molecule has 1 aliphatic heterocycles. The van der Waals surface area contributed by atoms with Gasteiger partial charge in [-0.2, -0.15) is 0 Å². The summed E-state index contributed by atoms with van der Waals surface area (Å²) >= 11 is 0. The molecule has 39 heavy (non-hydrogen) atoms. The summed E-state index contributed by atoms with van der Waals surface area (Å²) in [7, 11) is 1.66. The van der Waals surface area contributed by atoms with Crippen LogP contribution in [0.5, 0.6) is 5.75 Å². The Hall–Kier alpha value is -3.22. The van der Waals surface area contributed by atoms with Crippen molar-refractivity contribution in [3.63, 3.8) is 0 Å². The van der Waals surface area contributed by atoms with Gasteiger partial charge in [0.1, 0.15) is 11.6 Å². The van der Waals surface area contributed by atoms with Crippen LogP contribution in [0.4, 0.5) is 4.39 Å². The summed E-state index contributed by atoms with van der Waals surface area (Å²) in [6, 6.07) is 22.6. The van der Waals surface area contributed by atoms with Gasteiger partial charge in [-0.25, -0.2) is 4.39 Å². The van der Waals surface area contributed by atoms with E-state index in [1.807, 2.05) is 23.1 Å². The fourth-order valence-electron chi connectivity index (χ4n) is 5.66. The summed E-state index contributed by atoms with van der Waals surface area (Å²) in [5.41, 5.74) is 4.58. The highest BCUT2D eigenvalue weighted by molar-refractivity contribution is 5.81. The number of benzene rings is 3. The molecule has 1 amide bonds. The van der Waals surface area contributed by atoms with Crippen molar-refractivity contribution in [3.05, 3.63) is 89.2 Å². The number of methoxy groups -OCH3 is 1. The number of aryl methyl sites for hydroxylation is 1. The van der Waals surface area contributed by atoms with Gasteiger partial charge in [0.15, 0.2) is 0 Å². The predicted octanol–water partition coefficient (Wildman–Crippen LogP) is 6.10. The van der Waals surface area contributed by atoms with E-state index >= 15 is 4.39 Å². The summed E-state index contributed by atoms with van der Waals surface area (Å²) in [5, 5.41) is 3.45. The summed E-state index contributed by atoms with van der Waals surface area (Å²) in [6.07, 6.45) is 3.59. The van der Waals surface area contributed by atoms with Gasteiger partial charge in [-0.3, -0.25) is 4.79 Å². The quantitative estimate of drug-likeness (QED) is 0.304. The maximum atomic E-state index is 15.3. The Bertz CT molecular complexity index is 1260. The Morgan fingerprint density at radius 2 is 1.79 bits per heavy atom. The zero-order valence-electron chi connectivity index (χ0n) is 23.0. The van der Waals surface area contributed by atoms with Crippen LogP contribution in [-0.2, 0) is 16.1 Å². The number of nitrogens with one attached hydrogen (secondary N) is 1. The highest BCUT2D eigenvalue weighted by atomic mass is 19.1. The normalized spacial score (nSPS) is 19.1. The van der Waals surface area contributed by atoms with E-state index in [2.05, 4.69) is 41.7 Å². The molecule has 1 N–H and O–H groups in total. The van der Waals surface area contributed by atoms with Crippen LogP contribution in [0.15, 0.2) is 66.7 Å². The molecule has 2 aliphatic rings. The molecule has 1 saturated heterocycles. The minimum Gasteiger partial charge on any atom is -0.493 e. The molecule has 0 bridgehead atoms. The minimum atomic E-state index is -0.258. The molecule has 3 aromatic rings. The number of ether oxygens (including phenoxy) is 2. The van der Waals surface area contributed by atoms with Gasteiger partial charge in [-0.15, -0.1) is 0 Å². The predicted molar refractivity (Wildman–Crippen MR) is 152 cm³/mol. The number of hydrogen-bond acceptors (Lipinski definition) is 4. The van der Waals surface area contributed by atoms with Crippen LogP contribution in [0.2, 0.25) is 0 Å². The molecule has 0 aromatic heterocycles. The topological polar surface area (TPSA) is 50.8 Å². The SMILES string of the molecule is COCCCOc1cc(C)c(F)c(CN(C(=O)[C@H]2CNCC[C@@H]2c2cccc(-c3ccccc3)c2)C2CC2)c1. The van der Waals surface area contributed by atoms with Gasteiger partial charge in [-0.1, -0.05) is 54.6 Å². The lowest BCUT2D eigenvalue weighted by Gasteiger charge is -2.36. The van der Waals surface area contributed by atoms with Crippen molar-refractivity contribution in [2.24, 2.45) is 5.92 Å². The third-order valence-corrected chi connectivity index (χ3v) is 7.90. The van der Waals surface area contributed by atoms with Crippen molar-refractivity contribution in [3.8, 4) is 16.9 Å². The number of nitrogens with zero attached hydrogens (tertiary/aromatic N) is 1. The summed E-state index contributed by atoms with van der Waals surface area (Å²) in [4.78, 5) is 16.1. The summed E-state index contributed by atoms with van der Waals surface area (Å²) in [5.74, 6) is 0.418. The van der Waals surface area contributed by atoms with E-state index < -0.39 is 0 Å². The second kappa shape index (κ2) is 12.8. The van der Waals surface area contributed by atoms with Gasteiger partial charge in [0, 0.05) is 44.8 Å². The fraction of sp³-hybridized carbons (Fsp3) is 0.424. The van der Waals surface area contributed by atoms with Gasteiger partial charge in [0.25, 0.3) is 0 Å². The largest absolute Gasteiger partial charge is 0.493 e. The Balaban J connectivity index is 1.37. The zero-order chi connectivity index (χ0) is 27.2. The second-order valence-corrected chi connectivity index (χ2v) is 10.8. The highest BCUT2D eigenvalue weighted by Crippen LogP contribution is 2.38. The van der Waals surface area contributed by atoms with Crippen molar-refractivity contribution in [2.75, 3.05) is 33.4 Å². The number of carbonyl (C=O) groups is 1. The van der Waals surface area contributed by atoms with Crippen molar-refractivity contribution >= 4 is 5.91 Å². The van der Waals surface area contributed by atoms with Crippen LogP contribution >= 0.6 is 0 Å². The number of hydrogen-bond donors (Lipinski definition) is 1. The molecule has 3 aromatic carbocycles. The van der Waals surface area contributed by atoms with E-state index in [9.17, 15) is 4.79 Å². The van der Waals surface area contributed by atoms with Gasteiger partial charge < -0.3 is 19.7 Å². The number of piperidine rings is 1. The summed E-state index contributed by atoms with van der Waals surface area (Å²) < 4.78 is 26.3. The van der Waals surface area contributed by atoms with Crippen LogP contribution in [0.3, 0.4) is 0 Å². The summed E-state index contributed by atoms with van der Waals surface area (Å²) in [6.45, 7) is 4.64. The van der Waals surface area contributed by atoms with Gasteiger partial charge in [0.2, 0.25) is 5.91 Å². The minimum absolute atomic E-state index is 0.114. The first-order valence-electron chi connectivity index (χ1n) is 14.1. The number of rotatable bonds is 11. The van der Waals surface area contributed by atoms with Gasteiger partial charge >= 0.3 is 0 Å². The molecule has 5 nitrogen and oxygen atoms in total. The molecule has 206 valence electrons. The first-order chi connectivity index (χ1) is 19.0. The molecule has 0 unspecified atom stereocenters. The van der Waals surface area contributed by atoms with Crippen molar-refractivity contribution in [1.82, 2.24) is 10.2 Å². The maximum absolute atomic E-state index is 15.3. The molecular weight excluding hydrogens is 491 g/mol. The standard InChI is InChI=1S/C33H39FN2O3/c1-23-18-29(39-17-7-16-38-2)20-27(32(23)34)22-36(28-12-13-28)33(37)31-21-35-15-14-30(31)26-11-6-10-25(19-26)24-8-4-3-5-9-24/h3-6,8-11,18-20,28,30-31,35H,7,12-17,21-22H2,1-2H3/t30-,31+/m1/s1. The lowest BCUT2D eigenvalue weighted by Crippen LogP contribution is -2.47. The molecular formula is C33H39FN2O3. The van der Waals surface area contributed by atoms with E-state index in [0.29, 0.717) is 36.6 Å². The average molecular weight is 531 g/mol. The maximum Gasteiger partial charge on any atom is 0.228 e. The third kappa shape index (κ3) is 6.68. The molecule has 2 atom stereocenters. The van der Waals surface area contributed by atoms with E-state index in [4.69, 9.17) is 9.47 Å². The van der Waals surface area contributed by atoms with E-state index in [-0.39, 0.29) is 36.1 Å². The molecule has 1 saturated carbocycles. The van der Waals surface area contributed by atoms with E-state index in [0.717, 1.165) is 37.8 Å². The molecule has 1 heterocycles. The van der Waals surface area contributed by atoms with Crippen molar-refractivity contribution in [2.45, 2.75) is 51.1 Å². The number of halogens is 1. The van der Waals surface area contributed by atoms with E-state index in [1.54, 1.807) is 26.2 Å². The van der Waals surface area contributed by atoms with Crippen molar-refractivity contribution < 1.29 is 18.7 Å². The van der Waals surface area contributed by atoms with Gasteiger partial charge in [0.05, 0.1) is 12.5 Å². The lowest BCUT2D eigenvalue weighted by atomic mass is 9.79. The Morgan fingerprint density at radius 3 is 2.56 bits per heavy atom. The van der Waals surface area contributed by atoms with Crippen LogP contribution < -0.4 is 10.1 Å². The molecule has 0 radical (unpaired) electrons. The molecule has 5 rings (SSSR count). The van der Waals surface area contributed by atoms with Gasteiger partial charge in [-0.05, 0) is 73.0 Å². The molecule has 1 aliphatic carbocycles. The lowest BCUT2D eigenvalue weighted by molar-refractivity contribution is -0.138. The molecule has 0 spiro atoms. The first-order valence-corrected chi connectivity index (χ1v) is 14.1. The molecule has 6 heteroatoms. The fourth-order valence-corrected chi connectivity index (χ4v) is 5.66. The monoisotopic (exact) mass is 530 g/mol. The second-order valence-electron chi connectivity index (χ2n) is 10.8. The first kappa shape index (κ1) is 27.4. The number of amides is 1. The van der Waals surface area contributed by atoms with Crippen LogP contribution in [0.25, 0.3) is 11.1 Å². The Morgan fingerprint density at radius 1 is 1.00 bits per heavy atom. The van der Waals surface area contributed by atoms with Crippen LogP contribution in [-0.4, -0.2) is 50.3 Å².